The van der Waals surface area contributed by atoms with Gasteiger partial charge in [0.25, 0.3) is 0 Å². The van der Waals surface area contributed by atoms with E-state index in [0.29, 0.717) is 26.2 Å². The van der Waals surface area contributed by atoms with Gasteiger partial charge in [0.1, 0.15) is 11.8 Å². The van der Waals surface area contributed by atoms with Crippen LogP contribution in [0.1, 0.15) is 42.9 Å². The summed E-state index contributed by atoms with van der Waals surface area (Å²) in [6.07, 6.45) is 1.83. The van der Waals surface area contributed by atoms with Gasteiger partial charge in [-0.25, -0.2) is 0 Å². The van der Waals surface area contributed by atoms with Gasteiger partial charge in [-0.2, -0.15) is 5.26 Å². The molecule has 0 N–H and O–H groups in total. The number of ether oxygens (including phenoxy) is 1. The Kier molecular flexibility index (Phi) is 7.26. The summed E-state index contributed by atoms with van der Waals surface area (Å²) in [7, 11) is 1.63. The first-order chi connectivity index (χ1) is 14.2. The predicted molar refractivity (Wildman–Crippen MR) is 114 cm³/mol. The summed E-state index contributed by atoms with van der Waals surface area (Å²) in [6, 6.07) is 19.8. The Balaban J connectivity index is 1.65. The summed E-state index contributed by atoms with van der Waals surface area (Å²) in [4.78, 5) is 17.3. The molecule has 1 saturated heterocycles. The van der Waals surface area contributed by atoms with Gasteiger partial charge in [-0.15, -0.1) is 0 Å². The maximum absolute atomic E-state index is 13.2. The SMILES string of the molecule is CCCC(C(=O)N1CCN(C(C#N)c2ccc(OC)cc2)CC1)c1ccccc1. The molecule has 5 heteroatoms. The van der Waals surface area contributed by atoms with E-state index in [1.54, 1.807) is 7.11 Å². The van der Waals surface area contributed by atoms with E-state index in [-0.39, 0.29) is 17.9 Å². The lowest BCUT2D eigenvalue weighted by atomic mass is 9.92. The Morgan fingerprint density at radius 3 is 2.24 bits per heavy atom. The van der Waals surface area contributed by atoms with Crippen LogP contribution in [0.15, 0.2) is 54.6 Å². The smallest absolute Gasteiger partial charge is 0.230 e. The summed E-state index contributed by atoms with van der Waals surface area (Å²) in [6.45, 7) is 4.82. The third-order valence-corrected chi connectivity index (χ3v) is 5.62. The van der Waals surface area contributed by atoms with Crippen molar-refractivity contribution < 1.29 is 9.53 Å². The molecule has 5 nitrogen and oxygen atoms in total. The van der Waals surface area contributed by atoms with E-state index < -0.39 is 0 Å². The number of nitrogens with zero attached hydrogens (tertiary/aromatic N) is 3. The number of hydrogen-bond acceptors (Lipinski definition) is 4. The standard InChI is InChI=1S/C24H29N3O2/c1-3-7-22(19-8-5-4-6-9-19)24(28)27-16-14-26(15-17-27)23(18-25)20-10-12-21(29-2)13-11-20/h4-6,8-13,22-23H,3,7,14-17H2,1-2H3. The molecule has 2 aromatic rings. The summed E-state index contributed by atoms with van der Waals surface area (Å²) >= 11 is 0. The highest BCUT2D eigenvalue weighted by molar-refractivity contribution is 5.83. The Hall–Kier alpha value is -2.84. The largest absolute Gasteiger partial charge is 0.497 e. The molecule has 1 amide bonds. The van der Waals surface area contributed by atoms with E-state index in [2.05, 4.69) is 17.9 Å². The number of methoxy groups -OCH3 is 1. The molecule has 2 atom stereocenters. The highest BCUT2D eigenvalue weighted by Gasteiger charge is 2.30. The van der Waals surface area contributed by atoms with Crippen molar-refractivity contribution in [2.45, 2.75) is 31.7 Å². The van der Waals surface area contributed by atoms with Gasteiger partial charge in [-0.3, -0.25) is 9.69 Å². The molecule has 29 heavy (non-hydrogen) atoms. The van der Waals surface area contributed by atoms with Crippen molar-refractivity contribution in [3.63, 3.8) is 0 Å². The number of amides is 1. The number of benzene rings is 2. The van der Waals surface area contributed by atoms with Crippen LogP contribution in [-0.4, -0.2) is 49.0 Å². The molecular weight excluding hydrogens is 362 g/mol. The first-order valence-electron chi connectivity index (χ1n) is 10.3. The minimum atomic E-state index is -0.307. The van der Waals surface area contributed by atoms with Crippen LogP contribution in [0.4, 0.5) is 0 Å². The van der Waals surface area contributed by atoms with Gasteiger partial charge < -0.3 is 9.64 Å². The van der Waals surface area contributed by atoms with Crippen molar-refractivity contribution in [2.24, 2.45) is 0 Å². The molecule has 1 aliphatic rings. The van der Waals surface area contributed by atoms with Gasteiger partial charge in [0.05, 0.1) is 19.1 Å². The number of piperazine rings is 1. The Labute approximate surface area is 173 Å². The Morgan fingerprint density at radius 2 is 1.69 bits per heavy atom. The van der Waals surface area contributed by atoms with E-state index in [0.717, 1.165) is 29.7 Å². The molecule has 0 radical (unpaired) electrons. The van der Waals surface area contributed by atoms with Crippen molar-refractivity contribution in [1.29, 1.82) is 5.26 Å². The molecule has 152 valence electrons. The second kappa shape index (κ2) is 10.1. The van der Waals surface area contributed by atoms with Crippen molar-refractivity contribution in [1.82, 2.24) is 9.80 Å². The minimum Gasteiger partial charge on any atom is -0.497 e. The maximum Gasteiger partial charge on any atom is 0.230 e. The van der Waals surface area contributed by atoms with Crippen LogP contribution >= 0.6 is 0 Å². The van der Waals surface area contributed by atoms with Gasteiger partial charge in [0.15, 0.2) is 0 Å². The summed E-state index contributed by atoms with van der Waals surface area (Å²) < 4.78 is 5.21. The highest BCUT2D eigenvalue weighted by Crippen LogP contribution is 2.27. The third kappa shape index (κ3) is 4.96. The molecule has 2 aromatic carbocycles. The number of nitriles is 1. The third-order valence-electron chi connectivity index (χ3n) is 5.62. The highest BCUT2D eigenvalue weighted by atomic mass is 16.5. The predicted octanol–water partition coefficient (Wildman–Crippen LogP) is 3.99. The van der Waals surface area contributed by atoms with Gasteiger partial charge in [0.2, 0.25) is 5.91 Å². The lowest BCUT2D eigenvalue weighted by Crippen LogP contribution is -2.50. The minimum absolute atomic E-state index is 0.0823. The monoisotopic (exact) mass is 391 g/mol. The molecule has 2 unspecified atom stereocenters. The van der Waals surface area contributed by atoms with Crippen molar-refractivity contribution in [3.05, 3.63) is 65.7 Å². The zero-order valence-electron chi connectivity index (χ0n) is 17.3. The van der Waals surface area contributed by atoms with Crippen LogP contribution in [0.2, 0.25) is 0 Å². The summed E-state index contributed by atoms with van der Waals surface area (Å²) in [5.74, 6) is 0.903. The topological polar surface area (TPSA) is 56.6 Å². The average molecular weight is 392 g/mol. The number of hydrogen-bond donors (Lipinski definition) is 0. The van der Waals surface area contributed by atoms with E-state index in [9.17, 15) is 10.1 Å². The normalized spacial score (nSPS) is 16.7. The van der Waals surface area contributed by atoms with Crippen LogP contribution in [0.5, 0.6) is 5.75 Å². The quantitative estimate of drug-likeness (QED) is 0.716. The Morgan fingerprint density at radius 1 is 1.03 bits per heavy atom. The van der Waals surface area contributed by atoms with Crippen molar-refractivity contribution in [3.8, 4) is 11.8 Å². The van der Waals surface area contributed by atoms with Crippen LogP contribution in [0.25, 0.3) is 0 Å². The number of carbonyl (C=O) groups excluding carboxylic acids is 1. The molecule has 0 spiro atoms. The van der Waals surface area contributed by atoms with E-state index in [4.69, 9.17) is 4.74 Å². The molecule has 1 heterocycles. The van der Waals surface area contributed by atoms with E-state index in [1.165, 1.54) is 0 Å². The molecule has 0 bridgehead atoms. The van der Waals surface area contributed by atoms with Crippen LogP contribution < -0.4 is 4.74 Å². The fourth-order valence-electron chi connectivity index (χ4n) is 3.98. The molecule has 0 aliphatic carbocycles. The first kappa shape index (κ1) is 20.9. The number of carbonyl (C=O) groups is 1. The van der Waals surface area contributed by atoms with Crippen molar-refractivity contribution >= 4 is 5.91 Å². The fraction of sp³-hybridized carbons (Fsp3) is 0.417. The van der Waals surface area contributed by atoms with E-state index >= 15 is 0 Å². The van der Waals surface area contributed by atoms with Crippen LogP contribution in [0, 0.1) is 11.3 Å². The second-order valence-electron chi connectivity index (χ2n) is 7.42. The van der Waals surface area contributed by atoms with Gasteiger partial charge in [-0.1, -0.05) is 55.8 Å². The molecule has 0 saturated carbocycles. The molecule has 3 rings (SSSR count). The van der Waals surface area contributed by atoms with Gasteiger partial charge in [0, 0.05) is 26.2 Å². The molecule has 1 aliphatic heterocycles. The summed E-state index contributed by atoms with van der Waals surface area (Å²) in [5, 5.41) is 9.74. The lowest BCUT2D eigenvalue weighted by Gasteiger charge is -2.38. The van der Waals surface area contributed by atoms with Gasteiger partial charge in [-0.05, 0) is 29.7 Å². The molecule has 0 aromatic heterocycles. The zero-order valence-corrected chi connectivity index (χ0v) is 17.3. The molecular formula is C24H29N3O2. The van der Waals surface area contributed by atoms with Crippen LogP contribution in [-0.2, 0) is 4.79 Å². The van der Waals surface area contributed by atoms with Crippen LogP contribution in [0.3, 0.4) is 0 Å². The second-order valence-corrected chi connectivity index (χ2v) is 7.42. The molecule has 1 fully saturated rings. The van der Waals surface area contributed by atoms with E-state index in [1.807, 2.05) is 59.5 Å². The maximum atomic E-state index is 13.2. The van der Waals surface area contributed by atoms with Crippen molar-refractivity contribution in [2.75, 3.05) is 33.3 Å². The first-order valence-corrected chi connectivity index (χ1v) is 10.3. The zero-order chi connectivity index (χ0) is 20.6. The number of rotatable bonds is 7. The Bertz CT molecular complexity index is 821. The lowest BCUT2D eigenvalue weighted by molar-refractivity contribution is -0.135. The average Bonchev–Trinajstić information content (AvgIpc) is 2.79. The van der Waals surface area contributed by atoms with Gasteiger partial charge >= 0.3 is 0 Å². The summed E-state index contributed by atoms with van der Waals surface area (Å²) in [5.41, 5.74) is 2.05. The fourth-order valence-corrected chi connectivity index (χ4v) is 3.98.